The van der Waals surface area contributed by atoms with Crippen LogP contribution in [0.4, 0.5) is 10.1 Å². The molecular weight excluding hydrogens is 650 g/mol. The average Bonchev–Trinajstić information content (AvgIpc) is 3.59. The number of fused-ring (bicyclic) bond motifs is 1. The van der Waals surface area contributed by atoms with Crippen molar-refractivity contribution in [2.24, 2.45) is 0 Å². The molecule has 1 fully saturated rings. The van der Waals surface area contributed by atoms with Crippen molar-refractivity contribution in [1.29, 1.82) is 0 Å². The molecule has 1 amide bonds. The SMILES string of the molecule is COC(=O)c1cc(F)c(-c2cccc3c2OCN(C(=O)c2c(Cl)cc(-c4cnn(C(C)(C)CO)c4)cc2Cl)C3)cc1N1CCOCC1. The van der Waals surface area contributed by atoms with Gasteiger partial charge in [0.15, 0.2) is 6.73 Å². The summed E-state index contributed by atoms with van der Waals surface area (Å²) in [5.41, 5.74) is 2.98. The second-order valence-corrected chi connectivity index (χ2v) is 12.8. The fourth-order valence-electron chi connectivity index (χ4n) is 5.70. The lowest BCUT2D eigenvalue weighted by molar-refractivity contribution is 0.0515. The highest BCUT2D eigenvalue weighted by atomic mass is 35.5. The van der Waals surface area contributed by atoms with Gasteiger partial charge in [-0.2, -0.15) is 5.10 Å². The molecule has 4 aromatic rings. The molecule has 6 rings (SSSR count). The number of esters is 1. The number of morpholine rings is 1. The molecule has 0 spiro atoms. The van der Waals surface area contributed by atoms with E-state index in [2.05, 4.69) is 5.10 Å². The van der Waals surface area contributed by atoms with Gasteiger partial charge in [-0.05, 0) is 43.7 Å². The molecule has 0 unspecified atom stereocenters. The first-order valence-corrected chi connectivity index (χ1v) is 15.7. The van der Waals surface area contributed by atoms with Crippen molar-refractivity contribution >= 4 is 40.8 Å². The van der Waals surface area contributed by atoms with Crippen molar-refractivity contribution in [2.75, 3.05) is 51.7 Å². The number of carbonyl (C=O) groups is 2. The van der Waals surface area contributed by atoms with Gasteiger partial charge in [0.1, 0.15) is 11.6 Å². The van der Waals surface area contributed by atoms with Gasteiger partial charge in [-0.3, -0.25) is 9.48 Å². The molecule has 10 nitrogen and oxygen atoms in total. The molecule has 0 aliphatic carbocycles. The van der Waals surface area contributed by atoms with Crippen LogP contribution >= 0.6 is 23.2 Å². The number of carbonyl (C=O) groups excluding carboxylic acids is 2. The molecule has 1 saturated heterocycles. The Morgan fingerprint density at radius 2 is 1.79 bits per heavy atom. The van der Waals surface area contributed by atoms with Crippen LogP contribution in [0.2, 0.25) is 10.0 Å². The zero-order valence-corrected chi connectivity index (χ0v) is 27.6. The van der Waals surface area contributed by atoms with Crippen LogP contribution in [-0.2, 0) is 21.6 Å². The molecule has 3 heterocycles. The lowest BCUT2D eigenvalue weighted by atomic mass is 9.97. The number of benzene rings is 3. The number of amides is 1. The maximum atomic E-state index is 15.7. The van der Waals surface area contributed by atoms with E-state index >= 15 is 4.39 Å². The van der Waals surface area contributed by atoms with Gasteiger partial charge >= 0.3 is 5.97 Å². The summed E-state index contributed by atoms with van der Waals surface area (Å²) >= 11 is 13.3. The van der Waals surface area contributed by atoms with E-state index in [1.165, 1.54) is 18.1 Å². The van der Waals surface area contributed by atoms with Gasteiger partial charge in [0.25, 0.3) is 5.91 Å². The standard InChI is InChI=1S/C34H33Cl2FN4O6/c1-34(2,18-42)41-17-22(15-38-41)21-11-26(35)30(27(36)12-21)32(43)40-16-20-5-4-6-23(31(20)47-19-40)24-14-29(39-7-9-46-10-8-39)25(13-28(24)37)33(44)45-3/h4-6,11-15,17,42H,7-10,16,18-19H2,1-3H3. The van der Waals surface area contributed by atoms with Crippen molar-refractivity contribution < 1.29 is 33.3 Å². The number of nitrogens with zero attached hydrogens (tertiary/aromatic N) is 4. The van der Waals surface area contributed by atoms with Crippen LogP contribution in [-0.4, -0.2) is 78.4 Å². The van der Waals surface area contributed by atoms with Gasteiger partial charge in [-0.25, -0.2) is 9.18 Å². The molecule has 1 aromatic heterocycles. The summed E-state index contributed by atoms with van der Waals surface area (Å²) in [4.78, 5) is 29.8. The maximum Gasteiger partial charge on any atom is 0.340 e. The zero-order chi connectivity index (χ0) is 33.5. The molecular formula is C34H33Cl2FN4O6. The molecule has 0 atom stereocenters. The van der Waals surface area contributed by atoms with Crippen molar-refractivity contribution in [2.45, 2.75) is 25.9 Å². The predicted molar refractivity (Wildman–Crippen MR) is 176 cm³/mol. The summed E-state index contributed by atoms with van der Waals surface area (Å²) in [5, 5.41) is 14.4. The minimum atomic E-state index is -0.636. The Morgan fingerprint density at radius 3 is 2.47 bits per heavy atom. The van der Waals surface area contributed by atoms with Gasteiger partial charge in [0.2, 0.25) is 0 Å². The molecule has 2 aliphatic rings. The predicted octanol–water partition coefficient (Wildman–Crippen LogP) is 6.01. The summed E-state index contributed by atoms with van der Waals surface area (Å²) in [6.07, 6.45) is 3.42. The van der Waals surface area contributed by atoms with Gasteiger partial charge in [0.05, 0.1) is 72.1 Å². The fraction of sp³-hybridized carbons (Fsp3) is 0.324. The lowest BCUT2D eigenvalue weighted by Gasteiger charge is -2.32. The molecule has 13 heteroatoms. The minimum absolute atomic E-state index is 0.0995. The Labute approximate surface area is 281 Å². The van der Waals surface area contributed by atoms with E-state index in [1.807, 2.05) is 18.7 Å². The third-order valence-corrected chi connectivity index (χ3v) is 9.02. The average molecular weight is 684 g/mol. The quantitative estimate of drug-likeness (QED) is 0.237. The van der Waals surface area contributed by atoms with Crippen LogP contribution in [0.1, 0.15) is 40.1 Å². The zero-order valence-electron chi connectivity index (χ0n) is 26.1. The molecule has 0 radical (unpaired) electrons. The van der Waals surface area contributed by atoms with Crippen LogP contribution < -0.4 is 9.64 Å². The van der Waals surface area contributed by atoms with Gasteiger partial charge in [-0.1, -0.05) is 41.4 Å². The second-order valence-electron chi connectivity index (χ2n) is 12.0. The van der Waals surface area contributed by atoms with E-state index in [0.29, 0.717) is 54.4 Å². The van der Waals surface area contributed by atoms with E-state index in [9.17, 15) is 14.7 Å². The largest absolute Gasteiger partial charge is 0.472 e. The van der Waals surface area contributed by atoms with Crippen LogP contribution in [0.25, 0.3) is 22.3 Å². The van der Waals surface area contributed by atoms with Crippen molar-refractivity contribution in [1.82, 2.24) is 14.7 Å². The highest BCUT2D eigenvalue weighted by Crippen LogP contribution is 2.41. The monoisotopic (exact) mass is 682 g/mol. The summed E-state index contributed by atoms with van der Waals surface area (Å²) in [6.45, 7) is 5.67. The van der Waals surface area contributed by atoms with E-state index < -0.39 is 23.2 Å². The summed E-state index contributed by atoms with van der Waals surface area (Å²) in [5.74, 6) is -1.24. The summed E-state index contributed by atoms with van der Waals surface area (Å²) < 4.78 is 33.9. The van der Waals surface area contributed by atoms with Gasteiger partial charge in [-0.15, -0.1) is 0 Å². The molecule has 47 heavy (non-hydrogen) atoms. The highest BCUT2D eigenvalue weighted by Gasteiger charge is 2.30. The fourth-order valence-corrected chi connectivity index (χ4v) is 6.35. The van der Waals surface area contributed by atoms with Gasteiger partial charge < -0.3 is 29.1 Å². The van der Waals surface area contributed by atoms with Crippen LogP contribution in [0.3, 0.4) is 0 Å². The Kier molecular flexibility index (Phi) is 9.17. The smallest absolute Gasteiger partial charge is 0.340 e. The van der Waals surface area contributed by atoms with E-state index in [-0.39, 0.29) is 46.6 Å². The normalized spacial score (nSPS) is 14.9. The van der Waals surface area contributed by atoms with Crippen LogP contribution in [0.15, 0.2) is 54.9 Å². The third-order valence-electron chi connectivity index (χ3n) is 8.42. The summed E-state index contributed by atoms with van der Waals surface area (Å²) in [6, 6.07) is 11.4. The number of rotatable bonds is 7. The number of methoxy groups -OCH3 is 1. The number of para-hydroxylation sites is 1. The number of aliphatic hydroxyl groups excluding tert-OH is 1. The molecule has 0 bridgehead atoms. The Morgan fingerprint density at radius 1 is 1.06 bits per heavy atom. The number of anilines is 1. The molecule has 1 N–H and O–H groups in total. The van der Waals surface area contributed by atoms with E-state index in [0.717, 1.165) is 5.56 Å². The molecule has 2 aliphatic heterocycles. The van der Waals surface area contributed by atoms with Gasteiger partial charge in [0, 0.05) is 41.5 Å². The topological polar surface area (TPSA) is 106 Å². The first-order chi connectivity index (χ1) is 22.5. The number of hydrogen-bond donors (Lipinski definition) is 1. The Balaban J connectivity index is 1.28. The first kappa shape index (κ1) is 32.8. The number of ether oxygens (including phenoxy) is 3. The highest BCUT2D eigenvalue weighted by molar-refractivity contribution is 6.40. The molecule has 246 valence electrons. The Hall–Kier alpha value is -4.16. The number of aliphatic hydroxyl groups is 1. The van der Waals surface area contributed by atoms with E-state index in [1.54, 1.807) is 53.5 Å². The maximum absolute atomic E-state index is 15.7. The van der Waals surface area contributed by atoms with Crippen molar-refractivity contribution in [3.05, 3.63) is 87.4 Å². The third kappa shape index (κ3) is 6.28. The van der Waals surface area contributed by atoms with Crippen LogP contribution in [0, 0.1) is 5.82 Å². The second kappa shape index (κ2) is 13.2. The number of halogens is 3. The summed E-state index contributed by atoms with van der Waals surface area (Å²) in [7, 11) is 1.26. The molecule has 3 aromatic carbocycles. The van der Waals surface area contributed by atoms with E-state index in [4.69, 9.17) is 37.4 Å². The lowest BCUT2D eigenvalue weighted by Crippen LogP contribution is -2.37. The molecule has 0 saturated carbocycles. The number of hydrogen-bond acceptors (Lipinski definition) is 8. The van der Waals surface area contributed by atoms with Crippen LogP contribution in [0.5, 0.6) is 5.75 Å². The van der Waals surface area contributed by atoms with Crippen molar-refractivity contribution in [3.8, 4) is 28.0 Å². The first-order valence-electron chi connectivity index (χ1n) is 15.0. The number of aromatic nitrogens is 2. The Bertz CT molecular complexity index is 1830. The van der Waals surface area contributed by atoms with Crippen molar-refractivity contribution in [3.63, 3.8) is 0 Å². The minimum Gasteiger partial charge on any atom is -0.472 e.